The van der Waals surface area contributed by atoms with Gasteiger partial charge in [-0.25, -0.2) is 18.1 Å². The van der Waals surface area contributed by atoms with E-state index in [0.29, 0.717) is 24.8 Å². The SMILES string of the molecule is CCOc1ccc(S(=O)(=O)NCCNc2nc(C)cc(N(C)C)n2)cc1. The zero-order valence-corrected chi connectivity index (χ0v) is 16.3. The van der Waals surface area contributed by atoms with Gasteiger partial charge in [-0.1, -0.05) is 0 Å². The Balaban J connectivity index is 1.90. The average molecular weight is 379 g/mol. The summed E-state index contributed by atoms with van der Waals surface area (Å²) >= 11 is 0. The topological polar surface area (TPSA) is 96.5 Å². The number of aromatic nitrogens is 2. The Hall–Kier alpha value is -2.39. The molecule has 0 spiro atoms. The number of ether oxygens (including phenoxy) is 1. The lowest BCUT2D eigenvalue weighted by Crippen LogP contribution is -2.29. The third-order valence-corrected chi connectivity index (χ3v) is 4.92. The van der Waals surface area contributed by atoms with Crippen molar-refractivity contribution >= 4 is 21.8 Å². The minimum atomic E-state index is -3.57. The third-order valence-electron chi connectivity index (χ3n) is 3.44. The van der Waals surface area contributed by atoms with Gasteiger partial charge in [-0.05, 0) is 38.1 Å². The first-order valence-electron chi connectivity index (χ1n) is 8.31. The fourth-order valence-electron chi connectivity index (χ4n) is 2.18. The van der Waals surface area contributed by atoms with Gasteiger partial charge >= 0.3 is 0 Å². The van der Waals surface area contributed by atoms with Crippen LogP contribution in [0, 0.1) is 6.92 Å². The van der Waals surface area contributed by atoms with Crippen LogP contribution in [0.15, 0.2) is 35.2 Å². The van der Waals surface area contributed by atoms with Gasteiger partial charge in [-0.2, -0.15) is 4.98 Å². The molecule has 0 aliphatic carbocycles. The Labute approximate surface area is 154 Å². The van der Waals surface area contributed by atoms with Gasteiger partial charge in [0.25, 0.3) is 0 Å². The molecular formula is C17H25N5O3S. The molecule has 0 atom stereocenters. The van der Waals surface area contributed by atoms with Crippen molar-refractivity contribution in [2.75, 3.05) is 44.0 Å². The van der Waals surface area contributed by atoms with Crippen molar-refractivity contribution in [2.45, 2.75) is 18.7 Å². The molecule has 26 heavy (non-hydrogen) atoms. The van der Waals surface area contributed by atoms with Crippen LogP contribution in [-0.2, 0) is 10.0 Å². The summed E-state index contributed by atoms with van der Waals surface area (Å²) in [6.45, 7) is 4.87. The molecule has 0 aliphatic rings. The van der Waals surface area contributed by atoms with E-state index in [4.69, 9.17) is 4.74 Å². The van der Waals surface area contributed by atoms with Crippen molar-refractivity contribution in [1.82, 2.24) is 14.7 Å². The molecular weight excluding hydrogens is 354 g/mol. The number of aryl methyl sites for hydroxylation is 1. The second kappa shape index (κ2) is 8.81. The fraction of sp³-hybridized carbons (Fsp3) is 0.412. The first-order valence-corrected chi connectivity index (χ1v) is 9.79. The van der Waals surface area contributed by atoms with Gasteiger partial charge in [-0.3, -0.25) is 0 Å². The molecule has 2 aromatic rings. The van der Waals surface area contributed by atoms with E-state index < -0.39 is 10.0 Å². The van der Waals surface area contributed by atoms with E-state index in [2.05, 4.69) is 20.0 Å². The highest BCUT2D eigenvalue weighted by molar-refractivity contribution is 7.89. The van der Waals surface area contributed by atoms with Crippen LogP contribution < -0.4 is 19.7 Å². The average Bonchev–Trinajstić information content (AvgIpc) is 2.59. The van der Waals surface area contributed by atoms with Crippen LogP contribution in [0.2, 0.25) is 0 Å². The Kier molecular flexibility index (Phi) is 6.76. The van der Waals surface area contributed by atoms with Crippen LogP contribution in [0.25, 0.3) is 0 Å². The first kappa shape index (κ1) is 19.9. The summed E-state index contributed by atoms with van der Waals surface area (Å²) in [6.07, 6.45) is 0. The van der Waals surface area contributed by atoms with Crippen LogP contribution >= 0.6 is 0 Å². The van der Waals surface area contributed by atoms with Crippen molar-refractivity contribution in [2.24, 2.45) is 0 Å². The number of anilines is 2. The van der Waals surface area contributed by atoms with Crippen LogP contribution in [-0.4, -0.2) is 52.2 Å². The lowest BCUT2D eigenvalue weighted by molar-refractivity contribution is 0.340. The molecule has 2 rings (SSSR count). The molecule has 0 saturated heterocycles. The van der Waals surface area contributed by atoms with Crippen LogP contribution in [0.5, 0.6) is 5.75 Å². The van der Waals surface area contributed by atoms with Crippen LogP contribution in [0.3, 0.4) is 0 Å². The summed E-state index contributed by atoms with van der Waals surface area (Å²) in [5.74, 6) is 1.89. The van der Waals surface area contributed by atoms with Crippen LogP contribution in [0.4, 0.5) is 11.8 Å². The minimum absolute atomic E-state index is 0.197. The maximum atomic E-state index is 12.3. The smallest absolute Gasteiger partial charge is 0.240 e. The van der Waals surface area contributed by atoms with Crippen molar-refractivity contribution in [1.29, 1.82) is 0 Å². The quantitative estimate of drug-likeness (QED) is 0.639. The van der Waals surface area contributed by atoms with Gasteiger partial charge in [0.15, 0.2) is 0 Å². The van der Waals surface area contributed by atoms with Crippen molar-refractivity contribution < 1.29 is 13.2 Å². The van der Waals surface area contributed by atoms with Crippen molar-refractivity contribution in [3.05, 3.63) is 36.0 Å². The number of nitrogens with zero attached hydrogens (tertiary/aromatic N) is 3. The lowest BCUT2D eigenvalue weighted by Gasteiger charge is -2.14. The molecule has 0 amide bonds. The van der Waals surface area contributed by atoms with E-state index in [0.717, 1.165) is 11.5 Å². The summed E-state index contributed by atoms with van der Waals surface area (Å²) in [7, 11) is 0.228. The number of hydrogen-bond acceptors (Lipinski definition) is 7. The molecule has 1 aromatic carbocycles. The second-order valence-electron chi connectivity index (χ2n) is 5.81. The standard InChI is InChI=1S/C17H25N5O3S/c1-5-25-14-6-8-15(9-7-14)26(23,24)19-11-10-18-17-20-13(2)12-16(21-17)22(3)4/h6-9,12,19H,5,10-11H2,1-4H3,(H,18,20,21). The van der Waals surface area contributed by atoms with Crippen LogP contribution in [0.1, 0.15) is 12.6 Å². The van der Waals surface area contributed by atoms with Gasteiger partial charge in [0.05, 0.1) is 11.5 Å². The Morgan fingerprint density at radius 2 is 1.81 bits per heavy atom. The van der Waals surface area contributed by atoms with Gasteiger partial charge in [-0.15, -0.1) is 0 Å². The zero-order valence-electron chi connectivity index (χ0n) is 15.5. The summed E-state index contributed by atoms with van der Waals surface area (Å²) < 4.78 is 32.5. The Morgan fingerprint density at radius 1 is 1.12 bits per heavy atom. The van der Waals surface area contributed by atoms with Crippen molar-refractivity contribution in [3.63, 3.8) is 0 Å². The summed E-state index contributed by atoms with van der Waals surface area (Å²) in [6, 6.07) is 8.20. The number of hydrogen-bond donors (Lipinski definition) is 2. The van der Waals surface area contributed by atoms with Gasteiger partial charge in [0.2, 0.25) is 16.0 Å². The molecule has 2 N–H and O–H groups in total. The fourth-order valence-corrected chi connectivity index (χ4v) is 3.22. The second-order valence-corrected chi connectivity index (χ2v) is 7.58. The summed E-state index contributed by atoms with van der Waals surface area (Å²) in [5, 5.41) is 3.03. The van der Waals surface area contributed by atoms with Gasteiger partial charge in [0.1, 0.15) is 11.6 Å². The van der Waals surface area contributed by atoms with Gasteiger partial charge < -0.3 is 15.0 Å². The predicted molar refractivity (Wildman–Crippen MR) is 102 cm³/mol. The lowest BCUT2D eigenvalue weighted by atomic mass is 10.3. The molecule has 0 unspecified atom stereocenters. The molecule has 8 nitrogen and oxygen atoms in total. The van der Waals surface area contributed by atoms with E-state index in [1.165, 1.54) is 12.1 Å². The van der Waals surface area contributed by atoms with Crippen molar-refractivity contribution in [3.8, 4) is 5.75 Å². The first-order chi connectivity index (χ1) is 12.3. The molecule has 1 aromatic heterocycles. The normalized spacial score (nSPS) is 11.2. The molecule has 142 valence electrons. The zero-order chi connectivity index (χ0) is 19.2. The molecule has 0 bridgehead atoms. The van der Waals surface area contributed by atoms with E-state index >= 15 is 0 Å². The highest BCUT2D eigenvalue weighted by Gasteiger charge is 2.13. The third kappa shape index (κ3) is 5.57. The molecule has 0 aliphatic heterocycles. The maximum Gasteiger partial charge on any atom is 0.240 e. The highest BCUT2D eigenvalue weighted by Crippen LogP contribution is 2.16. The van der Waals surface area contributed by atoms with E-state index in [1.54, 1.807) is 12.1 Å². The monoisotopic (exact) mass is 379 g/mol. The van der Waals surface area contributed by atoms with E-state index in [9.17, 15) is 8.42 Å². The minimum Gasteiger partial charge on any atom is -0.494 e. The summed E-state index contributed by atoms with van der Waals surface area (Å²) in [4.78, 5) is 10.7. The predicted octanol–water partition coefficient (Wildman–Crippen LogP) is 1.64. The molecule has 0 saturated carbocycles. The van der Waals surface area contributed by atoms with Gasteiger partial charge in [0, 0.05) is 38.9 Å². The number of nitrogens with one attached hydrogen (secondary N) is 2. The van der Waals surface area contributed by atoms with E-state index in [-0.39, 0.29) is 11.4 Å². The van der Waals surface area contributed by atoms with E-state index in [1.807, 2.05) is 38.9 Å². The molecule has 0 radical (unpaired) electrons. The Bertz CT molecular complexity index is 823. The largest absolute Gasteiger partial charge is 0.494 e. The molecule has 9 heteroatoms. The highest BCUT2D eigenvalue weighted by atomic mass is 32.2. The Morgan fingerprint density at radius 3 is 2.42 bits per heavy atom. The maximum absolute atomic E-state index is 12.3. The molecule has 0 fully saturated rings. The number of benzene rings is 1. The number of sulfonamides is 1. The summed E-state index contributed by atoms with van der Waals surface area (Å²) in [5.41, 5.74) is 0.834. The molecule has 1 heterocycles. The number of rotatable bonds is 9.